The molecule has 1 aliphatic carbocycles. The van der Waals surface area contributed by atoms with Gasteiger partial charge in [-0.2, -0.15) is 13.2 Å². The lowest BCUT2D eigenvalue weighted by atomic mass is 9.83. The van der Waals surface area contributed by atoms with E-state index < -0.39 is 23.7 Å². The molecule has 1 saturated carbocycles. The van der Waals surface area contributed by atoms with Crippen molar-refractivity contribution in [3.63, 3.8) is 0 Å². The summed E-state index contributed by atoms with van der Waals surface area (Å²) >= 11 is 0. The minimum absolute atomic E-state index is 0.0573. The van der Waals surface area contributed by atoms with Gasteiger partial charge < -0.3 is 18.6 Å². The topological polar surface area (TPSA) is 144 Å². The Morgan fingerprint density at radius 1 is 0.463 bits per heavy atom. The summed E-state index contributed by atoms with van der Waals surface area (Å²) in [7, 11) is 0. The molecular formula is C68H57F3N4O7. The number of rotatable bonds is 8. The summed E-state index contributed by atoms with van der Waals surface area (Å²) in [6.45, 7) is 12.0. The number of nitrogens with zero attached hydrogens (tertiary/aromatic N) is 4. The van der Waals surface area contributed by atoms with Gasteiger partial charge in [0.15, 0.2) is 0 Å². The van der Waals surface area contributed by atoms with E-state index in [9.17, 15) is 27.6 Å². The molecule has 412 valence electrons. The first-order chi connectivity index (χ1) is 39.4. The highest BCUT2D eigenvalue weighted by atomic mass is 19.4. The monoisotopic (exact) mass is 1100 g/mol. The van der Waals surface area contributed by atoms with Crippen LogP contribution in [-0.4, -0.2) is 38.3 Å². The van der Waals surface area contributed by atoms with Gasteiger partial charge in [-0.25, -0.2) is 9.59 Å². The number of hydrogen-bond acceptors (Lipinski definition) is 11. The number of ether oxygens (including phenoxy) is 3. The minimum Gasteiger partial charge on any atom is -0.423 e. The molecule has 0 bridgehead atoms. The highest BCUT2D eigenvalue weighted by Crippen LogP contribution is 2.33. The average molecular weight is 1100 g/mol. The second-order valence-electron chi connectivity index (χ2n) is 19.9. The Morgan fingerprint density at radius 3 is 1.34 bits per heavy atom. The summed E-state index contributed by atoms with van der Waals surface area (Å²) in [6, 6.07) is 50.9. The van der Waals surface area contributed by atoms with E-state index in [1.807, 2.05) is 120 Å². The van der Waals surface area contributed by atoms with Crippen LogP contribution in [0.3, 0.4) is 0 Å². The van der Waals surface area contributed by atoms with Crippen molar-refractivity contribution in [3.8, 4) is 64.1 Å². The number of esters is 3. The summed E-state index contributed by atoms with van der Waals surface area (Å²) in [6.07, 6.45) is -0.725. The fourth-order valence-electron chi connectivity index (χ4n) is 8.14. The van der Waals surface area contributed by atoms with Crippen molar-refractivity contribution in [2.24, 2.45) is 11.8 Å². The molecular weight excluding hydrogens is 1040 g/mol. The SMILES string of the molecule is Cc1ccc(C#Cc2ccc(C#Cc3ccc(C)cc3)c(C(F)(F)F)c2)cc1.Cc1ccc(C(=O)Oc2ccc(-c3nnc(-c4ccc(C)cc4)o3)cc2)cc1.Cc1ccc(C(=O)Oc2ccc(OC(=O)C3CCC(C)CC3)nn2)cc1. The lowest BCUT2D eigenvalue weighted by molar-refractivity contribution is -0.140. The molecule has 1 aliphatic rings. The van der Waals surface area contributed by atoms with E-state index in [0.29, 0.717) is 45.7 Å². The Labute approximate surface area is 474 Å². The predicted molar refractivity (Wildman–Crippen MR) is 307 cm³/mol. The number of aryl methyl sites for hydroxylation is 5. The van der Waals surface area contributed by atoms with Crippen molar-refractivity contribution >= 4 is 17.9 Å². The molecule has 2 heterocycles. The van der Waals surface area contributed by atoms with E-state index >= 15 is 0 Å². The first kappa shape index (κ1) is 58.2. The second kappa shape index (κ2) is 27.3. The number of halogens is 3. The lowest BCUT2D eigenvalue weighted by Crippen LogP contribution is -2.25. The van der Waals surface area contributed by atoms with Crippen LogP contribution in [0.5, 0.6) is 17.5 Å². The summed E-state index contributed by atoms with van der Waals surface area (Å²) in [5.74, 6) is 12.0. The van der Waals surface area contributed by atoms with E-state index in [4.69, 9.17) is 18.6 Å². The van der Waals surface area contributed by atoms with Gasteiger partial charge in [-0.1, -0.05) is 119 Å². The molecule has 9 aromatic rings. The zero-order valence-electron chi connectivity index (χ0n) is 46.0. The maximum Gasteiger partial charge on any atom is 0.417 e. The van der Waals surface area contributed by atoms with E-state index in [2.05, 4.69) is 51.0 Å². The molecule has 0 radical (unpaired) electrons. The van der Waals surface area contributed by atoms with Gasteiger partial charge in [0.05, 0.1) is 22.6 Å². The molecule has 0 N–H and O–H groups in total. The Hall–Kier alpha value is -9.92. The van der Waals surface area contributed by atoms with Crippen molar-refractivity contribution in [1.29, 1.82) is 0 Å². The van der Waals surface area contributed by atoms with Gasteiger partial charge in [0, 0.05) is 45.5 Å². The van der Waals surface area contributed by atoms with E-state index in [1.54, 1.807) is 66.7 Å². The van der Waals surface area contributed by atoms with Crippen LogP contribution in [0.1, 0.15) is 109 Å². The normalized spacial score (nSPS) is 13.4. The van der Waals surface area contributed by atoms with E-state index in [-0.39, 0.29) is 29.2 Å². The number of aromatic nitrogens is 4. The average Bonchev–Trinajstić information content (AvgIpc) is 4.11. The summed E-state index contributed by atoms with van der Waals surface area (Å²) < 4.78 is 62.1. The third kappa shape index (κ3) is 17.0. The Morgan fingerprint density at radius 2 is 0.866 bits per heavy atom. The fourth-order valence-corrected chi connectivity index (χ4v) is 8.14. The van der Waals surface area contributed by atoms with Crippen LogP contribution in [0.4, 0.5) is 13.2 Å². The van der Waals surface area contributed by atoms with Gasteiger partial charge in [-0.05, 0) is 169 Å². The molecule has 0 unspecified atom stereocenters. The molecule has 0 spiro atoms. The maximum atomic E-state index is 13.5. The molecule has 82 heavy (non-hydrogen) atoms. The predicted octanol–water partition coefficient (Wildman–Crippen LogP) is 15.1. The number of carbonyl (C=O) groups excluding carboxylic acids is 3. The first-order valence-electron chi connectivity index (χ1n) is 26.4. The zero-order chi connectivity index (χ0) is 58.2. The summed E-state index contributed by atoms with van der Waals surface area (Å²) in [5, 5.41) is 15.8. The highest BCUT2D eigenvalue weighted by molar-refractivity contribution is 5.91. The van der Waals surface area contributed by atoms with Gasteiger partial charge in [0.2, 0.25) is 23.5 Å². The van der Waals surface area contributed by atoms with Gasteiger partial charge >= 0.3 is 24.1 Å². The van der Waals surface area contributed by atoms with Crippen LogP contribution in [0, 0.1) is 70.1 Å². The molecule has 0 atom stereocenters. The molecule has 14 heteroatoms. The Balaban J connectivity index is 0.000000161. The molecule has 7 aromatic carbocycles. The third-order valence-electron chi connectivity index (χ3n) is 13.1. The molecule has 10 rings (SSSR count). The van der Waals surface area contributed by atoms with Crippen molar-refractivity contribution in [2.45, 2.75) is 73.4 Å². The maximum absolute atomic E-state index is 13.5. The Bertz CT molecular complexity index is 3760. The molecule has 2 aromatic heterocycles. The second-order valence-corrected chi connectivity index (χ2v) is 19.9. The zero-order valence-corrected chi connectivity index (χ0v) is 46.0. The number of hydrogen-bond donors (Lipinski definition) is 0. The standard InChI is InChI=1S/C25H17F3.C23H18N2O3.C20H22N2O4/c1-18-3-7-20(8-4-18)11-12-22-14-16-23(24(17-22)25(26,27)28)15-13-21-9-5-19(2)6-10-21;1-15-3-7-17(8-4-15)21-24-25-22(28-21)18-11-13-20(14-12-18)27-23(26)19-9-5-16(2)6-10-19;1-13-3-7-15(8-4-13)19(23)25-17-11-12-18(22-21-17)26-20(24)16-9-5-14(2)6-10-16/h3-10,14,16-17H,1-2H3;3-14H,1-2H3;3-4,7-8,11-12,14,16H,5-6,9-10H2,1-2H3. The van der Waals surface area contributed by atoms with Crippen LogP contribution >= 0.6 is 0 Å². The fraction of sp³-hybridized carbons (Fsp3) is 0.191. The van der Waals surface area contributed by atoms with Crippen molar-refractivity contribution in [2.75, 3.05) is 0 Å². The summed E-state index contributed by atoms with van der Waals surface area (Å²) in [5.41, 5.74) is 8.92. The van der Waals surface area contributed by atoms with Crippen LogP contribution in [0.15, 0.2) is 180 Å². The lowest BCUT2D eigenvalue weighted by Gasteiger charge is -2.24. The van der Waals surface area contributed by atoms with Crippen LogP contribution in [0.2, 0.25) is 0 Å². The number of alkyl halides is 3. The summed E-state index contributed by atoms with van der Waals surface area (Å²) in [4.78, 5) is 36.4. The number of carbonyl (C=O) groups is 3. The van der Waals surface area contributed by atoms with Gasteiger partial charge in [-0.3, -0.25) is 4.79 Å². The van der Waals surface area contributed by atoms with E-state index in [1.165, 1.54) is 23.8 Å². The number of benzene rings is 7. The van der Waals surface area contributed by atoms with Crippen molar-refractivity contribution in [3.05, 3.63) is 243 Å². The van der Waals surface area contributed by atoms with E-state index in [0.717, 1.165) is 70.7 Å². The first-order valence-corrected chi connectivity index (χ1v) is 26.4. The Kier molecular flexibility index (Phi) is 19.4. The van der Waals surface area contributed by atoms with Gasteiger partial charge in [0.25, 0.3) is 0 Å². The smallest absolute Gasteiger partial charge is 0.417 e. The minimum atomic E-state index is -4.50. The largest absolute Gasteiger partial charge is 0.423 e. The van der Waals surface area contributed by atoms with Crippen molar-refractivity contribution < 1.29 is 46.2 Å². The van der Waals surface area contributed by atoms with Crippen LogP contribution in [0.25, 0.3) is 22.9 Å². The van der Waals surface area contributed by atoms with Crippen LogP contribution < -0.4 is 14.2 Å². The molecule has 11 nitrogen and oxygen atoms in total. The van der Waals surface area contributed by atoms with Gasteiger partial charge in [-0.15, -0.1) is 20.4 Å². The molecule has 1 fully saturated rings. The molecule has 0 saturated heterocycles. The van der Waals surface area contributed by atoms with Crippen molar-refractivity contribution in [1.82, 2.24) is 20.4 Å². The quantitative estimate of drug-likeness (QED) is 0.0815. The molecule has 0 amide bonds. The third-order valence-corrected chi connectivity index (χ3v) is 13.1. The highest BCUT2D eigenvalue weighted by Gasteiger charge is 2.33. The van der Waals surface area contributed by atoms with Gasteiger partial charge in [0.1, 0.15) is 5.75 Å². The molecule has 0 aliphatic heterocycles. The van der Waals surface area contributed by atoms with Crippen LogP contribution in [-0.2, 0) is 11.0 Å².